The summed E-state index contributed by atoms with van der Waals surface area (Å²) in [5, 5.41) is 3.12. The van der Waals surface area contributed by atoms with Crippen molar-refractivity contribution in [2.24, 2.45) is 5.18 Å². The molecular weight excluding hydrogens is 445 g/mol. The highest BCUT2D eigenvalue weighted by Crippen LogP contribution is 2.27. The van der Waals surface area contributed by atoms with Crippen molar-refractivity contribution in [3.05, 3.63) is 81.0 Å². The molecule has 3 aromatic rings. The molecule has 6 nitrogen and oxygen atoms in total. The van der Waals surface area contributed by atoms with Gasteiger partial charge in [0, 0.05) is 5.82 Å². The topological polar surface area (TPSA) is 98.3 Å². The number of thioether (sulfide) groups is 1. The van der Waals surface area contributed by atoms with Crippen molar-refractivity contribution in [3.8, 4) is 0 Å². The van der Waals surface area contributed by atoms with E-state index in [2.05, 4.69) is 15.1 Å². The number of nitrogens with zero attached hydrogens (tertiary/aromatic N) is 3. The van der Waals surface area contributed by atoms with Crippen molar-refractivity contribution in [3.63, 3.8) is 0 Å². The molecular formula is C20H16BClF2N4O2S. The average molecular weight is 461 g/mol. The summed E-state index contributed by atoms with van der Waals surface area (Å²) >= 11 is 7.25. The number of nitrogen functional groups attached to an aromatic ring is 1. The summed E-state index contributed by atoms with van der Waals surface area (Å²) in [5.41, 5.74) is 5.76. The second-order valence-corrected chi connectivity index (χ2v) is 7.32. The van der Waals surface area contributed by atoms with Crippen molar-refractivity contribution in [1.29, 1.82) is 0 Å². The lowest BCUT2D eigenvalue weighted by Crippen LogP contribution is -2.17. The lowest BCUT2D eigenvalue weighted by molar-refractivity contribution is 0.0981. The molecule has 3 rings (SSSR count). The van der Waals surface area contributed by atoms with Gasteiger partial charge in [-0.15, -0.1) is 4.91 Å². The fraction of sp³-hybridized carbons (Fsp3) is 0.150. The van der Waals surface area contributed by atoms with Gasteiger partial charge in [0.25, 0.3) is 0 Å². The van der Waals surface area contributed by atoms with Gasteiger partial charge in [0.15, 0.2) is 22.6 Å². The predicted molar refractivity (Wildman–Crippen MR) is 119 cm³/mol. The van der Waals surface area contributed by atoms with Crippen LogP contribution in [0.3, 0.4) is 0 Å². The Bertz CT molecular complexity index is 1100. The van der Waals surface area contributed by atoms with Crippen LogP contribution in [0.25, 0.3) is 0 Å². The number of rotatable bonds is 5. The van der Waals surface area contributed by atoms with Gasteiger partial charge < -0.3 is 5.73 Å². The molecule has 0 aliphatic heterocycles. The van der Waals surface area contributed by atoms with Gasteiger partial charge in [0.05, 0.1) is 36.0 Å². The summed E-state index contributed by atoms with van der Waals surface area (Å²) in [5.74, 6) is -3.20. The summed E-state index contributed by atoms with van der Waals surface area (Å²) in [6.45, 7) is 1.64. The van der Waals surface area contributed by atoms with Gasteiger partial charge in [-0.2, -0.15) is 0 Å². The Kier molecular flexibility index (Phi) is 8.64. The van der Waals surface area contributed by atoms with Gasteiger partial charge in [0.1, 0.15) is 5.69 Å². The summed E-state index contributed by atoms with van der Waals surface area (Å²) in [4.78, 5) is 30.4. The zero-order valence-corrected chi connectivity index (χ0v) is 18.0. The minimum atomic E-state index is -1.19. The van der Waals surface area contributed by atoms with Crippen molar-refractivity contribution < 1.29 is 13.6 Å². The van der Waals surface area contributed by atoms with E-state index in [1.165, 1.54) is 42.2 Å². The van der Waals surface area contributed by atoms with E-state index >= 15 is 0 Å². The third-order valence-electron chi connectivity index (χ3n) is 4.08. The van der Waals surface area contributed by atoms with Crippen LogP contribution in [-0.4, -0.2) is 29.9 Å². The summed E-state index contributed by atoms with van der Waals surface area (Å²) < 4.78 is 26.5. The van der Waals surface area contributed by atoms with Crippen molar-refractivity contribution >= 4 is 48.4 Å². The Hall–Kier alpha value is -2.85. The van der Waals surface area contributed by atoms with Crippen LogP contribution in [0.15, 0.2) is 52.9 Å². The van der Waals surface area contributed by atoms with E-state index in [9.17, 15) is 18.5 Å². The van der Waals surface area contributed by atoms with Crippen molar-refractivity contribution in [1.82, 2.24) is 9.97 Å². The number of aryl methyl sites for hydroxylation is 1. The first-order valence-electron chi connectivity index (χ1n) is 8.69. The third-order valence-corrected chi connectivity index (χ3v) is 4.94. The predicted octanol–water partition coefficient (Wildman–Crippen LogP) is 5.20. The molecule has 1 aromatic heterocycles. The molecule has 11 heteroatoms. The number of Topliss-reactive ketones (excluding diaryl/α,β-unsaturated/α-hetero) is 1. The molecule has 0 saturated carbocycles. The minimum absolute atomic E-state index is 0.0949. The Morgan fingerprint density at radius 3 is 2.52 bits per heavy atom. The first kappa shape index (κ1) is 24.4. The number of hydrogen-bond donors (Lipinski definition) is 1. The lowest BCUT2D eigenvalue weighted by atomic mass is 9.78. The van der Waals surface area contributed by atoms with Crippen LogP contribution in [0.5, 0.6) is 0 Å². The van der Waals surface area contributed by atoms with Gasteiger partial charge >= 0.3 is 0 Å². The highest BCUT2D eigenvalue weighted by Gasteiger charge is 2.24. The van der Waals surface area contributed by atoms with E-state index in [1.54, 1.807) is 25.3 Å². The number of ketones is 1. The largest absolute Gasteiger partial charge is 0.396 e. The molecule has 158 valence electrons. The molecule has 0 spiro atoms. The Morgan fingerprint density at radius 2 is 1.94 bits per heavy atom. The number of anilines is 1. The molecule has 0 fully saturated rings. The van der Waals surface area contributed by atoms with Crippen LogP contribution in [-0.2, 0) is 0 Å². The van der Waals surface area contributed by atoms with Crippen LogP contribution in [0, 0.1) is 23.5 Å². The number of hydrogen-bond acceptors (Lipinski definition) is 7. The molecule has 0 bridgehead atoms. The highest BCUT2D eigenvalue weighted by atomic mass is 35.5. The standard InChI is InChI=1S/C13H10BClFN3OS.C7H6FNO/c1-21-13-18-5-7(15)11(19-13)9(14)12(20)6-3-2-4-8(17)10(6)16;1-5-3-2-4-6(8)7(5)9-10/h2-5,9H,17H2,1H3;2-4H,1H3. The number of halogens is 3. The molecule has 2 aromatic carbocycles. The minimum Gasteiger partial charge on any atom is -0.396 e. The average Bonchev–Trinajstić information content (AvgIpc) is 2.76. The first-order valence-corrected chi connectivity index (χ1v) is 10.3. The van der Waals surface area contributed by atoms with Crippen LogP contribution < -0.4 is 5.73 Å². The van der Waals surface area contributed by atoms with Crippen molar-refractivity contribution in [2.75, 3.05) is 12.0 Å². The van der Waals surface area contributed by atoms with Gasteiger partial charge in [-0.3, -0.25) is 4.79 Å². The fourth-order valence-corrected chi connectivity index (χ4v) is 3.01. The van der Waals surface area contributed by atoms with Crippen molar-refractivity contribution in [2.45, 2.75) is 17.9 Å². The number of nitroso groups, excluding NO2 is 1. The molecule has 1 atom stereocenters. The van der Waals surface area contributed by atoms with E-state index in [0.717, 1.165) is 0 Å². The molecule has 1 unspecified atom stereocenters. The number of carbonyl (C=O) groups is 1. The molecule has 0 aliphatic carbocycles. The maximum Gasteiger partial charge on any atom is 0.187 e. The summed E-state index contributed by atoms with van der Waals surface area (Å²) in [6, 6.07) is 8.55. The molecule has 0 saturated heterocycles. The van der Waals surface area contributed by atoms with Crippen LogP contribution in [0.2, 0.25) is 5.02 Å². The smallest absolute Gasteiger partial charge is 0.187 e. The second kappa shape index (κ2) is 11.0. The summed E-state index contributed by atoms with van der Waals surface area (Å²) in [7, 11) is 5.87. The Balaban J connectivity index is 0.000000285. The van der Waals surface area contributed by atoms with E-state index in [4.69, 9.17) is 25.2 Å². The van der Waals surface area contributed by atoms with Gasteiger partial charge in [0.2, 0.25) is 0 Å². The van der Waals surface area contributed by atoms with Gasteiger partial charge in [-0.1, -0.05) is 41.6 Å². The number of nitrogens with two attached hydrogens (primary N) is 1. The van der Waals surface area contributed by atoms with E-state index in [1.807, 2.05) is 0 Å². The maximum absolute atomic E-state index is 13.9. The van der Waals surface area contributed by atoms with E-state index in [0.29, 0.717) is 10.7 Å². The van der Waals surface area contributed by atoms with E-state index < -0.39 is 23.2 Å². The maximum atomic E-state index is 13.9. The quantitative estimate of drug-likeness (QED) is 0.140. The molecule has 2 radical (unpaired) electrons. The first-order chi connectivity index (χ1) is 14.7. The van der Waals surface area contributed by atoms with Gasteiger partial charge in [-0.05, 0) is 42.1 Å². The Labute approximate surface area is 188 Å². The van der Waals surface area contributed by atoms with Crippen LogP contribution >= 0.6 is 23.4 Å². The fourth-order valence-electron chi connectivity index (χ4n) is 2.45. The number of aromatic nitrogens is 2. The van der Waals surface area contributed by atoms with Gasteiger partial charge in [-0.25, -0.2) is 18.7 Å². The molecule has 0 aliphatic rings. The SMILES string of the molecule is Cc1cccc(F)c1N=O.[B]C(C(=O)c1cccc(N)c1F)c1nc(SC)ncc1Cl. The second-order valence-electron chi connectivity index (χ2n) is 6.14. The molecule has 2 N–H and O–H groups in total. The number of benzene rings is 2. The molecule has 0 amide bonds. The third kappa shape index (κ3) is 5.86. The Morgan fingerprint density at radius 1 is 1.26 bits per heavy atom. The molecule has 31 heavy (non-hydrogen) atoms. The normalized spacial score (nSPS) is 11.3. The van der Waals surface area contributed by atoms with Crippen LogP contribution in [0.1, 0.15) is 27.4 Å². The summed E-state index contributed by atoms with van der Waals surface area (Å²) in [6.07, 6.45) is 3.14. The monoisotopic (exact) mass is 460 g/mol. The van der Waals surface area contributed by atoms with Crippen LogP contribution in [0.4, 0.5) is 20.2 Å². The molecule has 1 heterocycles. The zero-order valence-electron chi connectivity index (χ0n) is 16.5. The zero-order chi connectivity index (χ0) is 23.1. The number of carbonyl (C=O) groups excluding carboxylic acids is 1. The lowest BCUT2D eigenvalue weighted by Gasteiger charge is -2.13. The highest BCUT2D eigenvalue weighted by molar-refractivity contribution is 7.98. The van der Waals surface area contributed by atoms with E-state index in [-0.39, 0.29) is 27.7 Å².